The van der Waals surface area contributed by atoms with E-state index in [0.717, 1.165) is 44.6 Å². The van der Waals surface area contributed by atoms with Gasteiger partial charge in [-0.3, -0.25) is 24.3 Å². The van der Waals surface area contributed by atoms with E-state index in [1.165, 1.54) is 70.3 Å². The van der Waals surface area contributed by atoms with E-state index in [-0.39, 0.29) is 59.1 Å². The van der Waals surface area contributed by atoms with Gasteiger partial charge in [0.15, 0.2) is 0 Å². The molecule has 66 heavy (non-hydrogen) atoms. The van der Waals surface area contributed by atoms with Crippen molar-refractivity contribution < 1.29 is 88.4 Å². The van der Waals surface area contributed by atoms with Crippen LogP contribution in [0.3, 0.4) is 0 Å². The summed E-state index contributed by atoms with van der Waals surface area (Å²) in [7, 11) is 0. The standard InChI is InChI=1S/4C13H12F.2C2H6Si.2ClH.2Hf/c4*1-9-7-10(2)12(8-9)11-5-3-4-6-13(11)14;2*1-3-2;;;;/h4*3-6,8-9H,1-2H3;2*1-2H3;2*1H;;/q4*-1;;;;;2*+2/p-2. The average molecular weight is 1290 g/mol. The van der Waals surface area contributed by atoms with Crippen LogP contribution in [0, 0.1) is 71.2 Å². The van der Waals surface area contributed by atoms with Crippen molar-refractivity contribution >= 4 is 33.3 Å². The molecule has 0 N–H and O–H groups in total. The van der Waals surface area contributed by atoms with Crippen molar-refractivity contribution in [3.8, 4) is 0 Å². The van der Waals surface area contributed by atoms with Crippen molar-refractivity contribution in [1.29, 1.82) is 0 Å². The van der Waals surface area contributed by atoms with Crippen molar-refractivity contribution in [3.63, 3.8) is 0 Å². The maximum atomic E-state index is 13.5. The summed E-state index contributed by atoms with van der Waals surface area (Å²) in [6.45, 7) is 25.4. The van der Waals surface area contributed by atoms with Crippen LogP contribution in [0.4, 0.5) is 17.6 Å². The summed E-state index contributed by atoms with van der Waals surface area (Å²) in [5.74, 6) is 0.550. The fraction of sp³-hybridized carbons (Fsp3) is 0.286. The Bertz CT molecular complexity index is 2200. The summed E-state index contributed by atoms with van der Waals surface area (Å²) in [6, 6.07) is 27.5. The van der Waals surface area contributed by atoms with E-state index in [2.05, 4.69) is 78.2 Å². The minimum Gasteiger partial charge on any atom is -1.00 e. The Kier molecular flexibility index (Phi) is 28.5. The van der Waals surface area contributed by atoms with Gasteiger partial charge in [0.05, 0.1) is 0 Å². The van der Waals surface area contributed by atoms with Crippen LogP contribution < -0.4 is 24.8 Å². The van der Waals surface area contributed by atoms with E-state index in [1.807, 2.05) is 101 Å². The van der Waals surface area contributed by atoms with E-state index in [4.69, 9.17) is 0 Å². The maximum Gasteiger partial charge on any atom is -1.00 e. The summed E-state index contributed by atoms with van der Waals surface area (Å²) in [4.78, 5) is 0. The minimum atomic E-state index is -0.158. The molecule has 0 nitrogen and oxygen atoms in total. The van der Waals surface area contributed by atoms with Gasteiger partial charge >= 0.3 is 83.2 Å². The number of halogens is 6. The van der Waals surface area contributed by atoms with Crippen LogP contribution in [-0.4, -0.2) is 11.0 Å². The van der Waals surface area contributed by atoms with Crippen LogP contribution in [0.25, 0.3) is 22.3 Å². The molecule has 4 aromatic carbocycles. The van der Waals surface area contributed by atoms with Crippen molar-refractivity contribution in [2.45, 2.75) is 81.6 Å². The van der Waals surface area contributed by atoms with Crippen molar-refractivity contribution in [2.24, 2.45) is 23.7 Å². The Balaban J connectivity index is 0.000000413. The van der Waals surface area contributed by atoms with Gasteiger partial charge < -0.3 is 24.8 Å². The van der Waals surface area contributed by atoms with E-state index in [1.54, 1.807) is 24.3 Å². The number of hydrogen-bond acceptors (Lipinski definition) is 0. The van der Waals surface area contributed by atoms with Gasteiger partial charge in [-0.05, 0) is 24.3 Å². The second-order valence-corrected chi connectivity index (χ2v) is 42.0. The van der Waals surface area contributed by atoms with Gasteiger partial charge in [-0.1, -0.05) is 174 Å². The molecule has 0 aromatic heterocycles. The Morgan fingerprint density at radius 3 is 0.636 bits per heavy atom. The van der Waals surface area contributed by atoms with Crippen LogP contribution in [0.2, 0.25) is 26.2 Å². The zero-order valence-electron chi connectivity index (χ0n) is 40.1. The van der Waals surface area contributed by atoms with Gasteiger partial charge in [0.2, 0.25) is 0 Å². The number of benzene rings is 4. The number of allylic oxidation sites excluding steroid dienone is 16. The van der Waals surface area contributed by atoms with Gasteiger partial charge in [-0.25, -0.2) is 39.9 Å². The van der Waals surface area contributed by atoms with E-state index >= 15 is 0 Å². The molecule has 4 atom stereocenters. The predicted octanol–water partition coefficient (Wildman–Crippen LogP) is 10.0. The molecule has 4 aromatic rings. The molecule has 4 unspecified atom stereocenters. The fourth-order valence-corrected chi connectivity index (χ4v) is 7.23. The van der Waals surface area contributed by atoms with Crippen molar-refractivity contribution in [1.82, 2.24) is 0 Å². The second-order valence-electron chi connectivity index (χ2n) is 16.5. The zero-order valence-corrected chi connectivity index (χ0v) is 50.8. The Morgan fingerprint density at radius 2 is 0.515 bits per heavy atom. The molecule has 8 rings (SSSR count). The number of rotatable bonds is 4. The molecule has 0 saturated carbocycles. The first kappa shape index (κ1) is 61.3. The predicted molar refractivity (Wildman–Crippen MR) is 259 cm³/mol. The molecule has 0 bridgehead atoms. The minimum absolute atomic E-state index is 0. The quantitative estimate of drug-likeness (QED) is 0.109. The molecule has 0 fully saturated rings. The smallest absolute Gasteiger partial charge is 1.00 e. The van der Waals surface area contributed by atoms with E-state index in [0.29, 0.717) is 45.9 Å². The van der Waals surface area contributed by atoms with Gasteiger partial charge in [-0.15, -0.1) is 0 Å². The maximum absolute atomic E-state index is 13.5. The van der Waals surface area contributed by atoms with E-state index in [9.17, 15) is 17.6 Å². The molecule has 344 valence electrons. The molecule has 0 heterocycles. The molecule has 4 aliphatic carbocycles. The molecule has 0 amide bonds. The molecule has 0 aliphatic heterocycles. The van der Waals surface area contributed by atoms with Crippen LogP contribution in [0.1, 0.15) is 77.6 Å². The van der Waals surface area contributed by atoms with E-state index < -0.39 is 0 Å². The summed E-state index contributed by atoms with van der Waals surface area (Å²) >= 11 is 2.90. The monoisotopic (exact) mass is 1290 g/mol. The summed E-state index contributed by atoms with van der Waals surface area (Å²) in [5.41, 5.74) is 11.4. The summed E-state index contributed by atoms with van der Waals surface area (Å²) < 4.78 is 53.8. The Hall–Kier alpha value is -2.73. The average Bonchev–Trinajstić information content (AvgIpc) is 3.95. The first-order valence-corrected chi connectivity index (χ1v) is 37.3. The first-order valence-electron chi connectivity index (χ1n) is 21.5. The fourth-order valence-electron chi connectivity index (χ4n) is 7.23. The second kappa shape index (κ2) is 30.7. The van der Waals surface area contributed by atoms with Gasteiger partial charge in [0.1, 0.15) is 23.3 Å². The van der Waals surface area contributed by atoms with Crippen LogP contribution in [-0.2, 0) is 46.0 Å². The molecule has 4 aliphatic rings. The Morgan fingerprint density at radius 1 is 0.364 bits per heavy atom. The van der Waals surface area contributed by atoms with Crippen LogP contribution >= 0.6 is 0 Å². The van der Waals surface area contributed by atoms with Gasteiger partial charge in [0.25, 0.3) is 0 Å². The third kappa shape index (κ3) is 20.1. The van der Waals surface area contributed by atoms with Crippen LogP contribution in [0.15, 0.2) is 144 Å². The SMILES string of the molecule is CC1=[C-]C(C)C=C1c1ccccc1F.CC1=[C-]C(C)C=C1c1ccccc1F.CC1=[C-]C(C)C=C1c1ccccc1F.CC1=[C-]C(C)C=C1c1ccccc1F.C[Si](C)=[Hf+2].C[Si](C)=[Hf+2].[Cl-].[Cl-]. The largest absolute Gasteiger partial charge is 1.00 e. The topological polar surface area (TPSA) is 0 Å². The molecular weight excluding hydrogens is 1230 g/mol. The molecule has 10 heteroatoms. The van der Waals surface area contributed by atoms with Crippen LogP contribution in [0.5, 0.6) is 0 Å². The summed E-state index contributed by atoms with van der Waals surface area (Å²) in [5, 5.41) is 0. The zero-order chi connectivity index (χ0) is 47.7. The Labute approximate surface area is 436 Å². The van der Waals surface area contributed by atoms with Crippen molar-refractivity contribution in [2.75, 3.05) is 0 Å². The third-order valence-corrected chi connectivity index (χ3v) is 9.72. The normalized spacial score (nSPS) is 18.4. The van der Waals surface area contributed by atoms with Gasteiger partial charge in [-0.2, -0.15) is 46.6 Å². The van der Waals surface area contributed by atoms with Gasteiger partial charge in [0, 0.05) is 0 Å². The summed E-state index contributed by atoms with van der Waals surface area (Å²) in [6.07, 6.45) is 21.2. The molecule has 0 radical (unpaired) electrons. The van der Waals surface area contributed by atoms with Crippen molar-refractivity contribution in [3.05, 3.63) is 213 Å². The molecular formula is C56H60Cl2F4Hf2Si2-2. The first-order chi connectivity index (χ1) is 30.2. The molecule has 0 saturated heterocycles. The third-order valence-electron chi connectivity index (χ3n) is 9.72. The molecule has 0 spiro atoms. The number of hydrogen-bond donors (Lipinski definition) is 0.